The van der Waals surface area contributed by atoms with Gasteiger partial charge in [-0.05, 0) is 44.9 Å². The van der Waals surface area contributed by atoms with Crippen LogP contribution in [0.1, 0.15) is 37.8 Å². The van der Waals surface area contributed by atoms with Crippen molar-refractivity contribution in [1.29, 1.82) is 0 Å². The summed E-state index contributed by atoms with van der Waals surface area (Å²) >= 11 is 0. The molecule has 3 heteroatoms. The topological polar surface area (TPSA) is 28.2 Å². The van der Waals surface area contributed by atoms with E-state index in [1.165, 1.54) is 44.3 Å². The number of piperidine rings is 2. The fourth-order valence-electron chi connectivity index (χ4n) is 3.87. The van der Waals surface area contributed by atoms with E-state index in [0.29, 0.717) is 0 Å². The normalized spacial score (nSPS) is 31.3. The van der Waals surface area contributed by atoms with E-state index in [4.69, 9.17) is 0 Å². The maximum absolute atomic E-state index is 4.45. The van der Waals surface area contributed by atoms with E-state index in [2.05, 4.69) is 34.4 Å². The largest absolute Gasteiger partial charge is 0.317 e. The van der Waals surface area contributed by atoms with Crippen LogP contribution >= 0.6 is 0 Å². The fraction of sp³-hybridized carbons (Fsp3) is 0.688. The highest BCUT2D eigenvalue weighted by Crippen LogP contribution is 2.33. The zero-order chi connectivity index (χ0) is 13.1. The average molecular weight is 259 g/mol. The summed E-state index contributed by atoms with van der Waals surface area (Å²) in [6.07, 6.45) is 9.85. The molecule has 2 aliphatic heterocycles. The van der Waals surface area contributed by atoms with Crippen LogP contribution < -0.4 is 5.32 Å². The minimum atomic E-state index is 0.737. The number of hydrogen-bond donors (Lipinski definition) is 1. The van der Waals surface area contributed by atoms with Crippen molar-refractivity contribution >= 4 is 0 Å². The summed E-state index contributed by atoms with van der Waals surface area (Å²) in [5.41, 5.74) is 1.23. The molecule has 0 radical (unpaired) electrons. The summed E-state index contributed by atoms with van der Waals surface area (Å²) in [4.78, 5) is 7.22. The van der Waals surface area contributed by atoms with E-state index >= 15 is 0 Å². The Labute approximate surface area is 116 Å². The molecule has 3 nitrogen and oxygen atoms in total. The van der Waals surface area contributed by atoms with Gasteiger partial charge in [-0.1, -0.05) is 12.5 Å². The predicted octanol–water partition coefficient (Wildman–Crippen LogP) is 2.23. The molecule has 2 fully saturated rings. The summed E-state index contributed by atoms with van der Waals surface area (Å²) in [5, 5.41) is 3.49. The summed E-state index contributed by atoms with van der Waals surface area (Å²) in [6.45, 7) is 1.18. The highest BCUT2D eigenvalue weighted by Gasteiger charge is 2.37. The second-order valence-electron chi connectivity index (χ2n) is 6.00. The lowest BCUT2D eigenvalue weighted by atomic mass is 9.81. The van der Waals surface area contributed by atoms with Gasteiger partial charge in [0.1, 0.15) is 0 Å². The molecule has 2 unspecified atom stereocenters. The molecule has 1 aromatic heterocycles. The van der Waals surface area contributed by atoms with Crippen LogP contribution in [-0.4, -0.2) is 41.6 Å². The van der Waals surface area contributed by atoms with Gasteiger partial charge < -0.3 is 5.32 Å². The van der Waals surface area contributed by atoms with Crippen LogP contribution in [0.4, 0.5) is 0 Å². The van der Waals surface area contributed by atoms with Crippen LogP contribution in [0.15, 0.2) is 24.4 Å². The Morgan fingerprint density at radius 2 is 2.05 bits per heavy atom. The van der Waals surface area contributed by atoms with Crippen molar-refractivity contribution < 1.29 is 0 Å². The fourth-order valence-corrected chi connectivity index (χ4v) is 3.87. The summed E-state index contributed by atoms with van der Waals surface area (Å²) in [5.74, 6) is 0. The highest BCUT2D eigenvalue weighted by atomic mass is 15.2. The standard InChI is InChI=1S/C16H25N3/c1-17-14-11-15-6-4-7-16(12-14)19(15)10-8-13-5-2-3-9-18-13/h2-3,5,9,14-17H,4,6-8,10-12H2,1H3. The number of hydrogen-bond acceptors (Lipinski definition) is 3. The minimum Gasteiger partial charge on any atom is -0.317 e. The lowest BCUT2D eigenvalue weighted by molar-refractivity contribution is 0.0269. The first-order valence-electron chi connectivity index (χ1n) is 7.69. The first-order valence-corrected chi connectivity index (χ1v) is 7.69. The third-order valence-corrected chi connectivity index (χ3v) is 4.89. The monoisotopic (exact) mass is 259 g/mol. The second-order valence-corrected chi connectivity index (χ2v) is 6.00. The van der Waals surface area contributed by atoms with Crippen LogP contribution in [0.25, 0.3) is 0 Å². The molecule has 2 aliphatic rings. The molecular formula is C16H25N3. The Morgan fingerprint density at radius 1 is 1.26 bits per heavy atom. The van der Waals surface area contributed by atoms with E-state index in [1.807, 2.05) is 12.3 Å². The number of nitrogens with zero attached hydrogens (tertiary/aromatic N) is 2. The molecule has 0 aromatic carbocycles. The van der Waals surface area contributed by atoms with Crippen molar-refractivity contribution in [3.05, 3.63) is 30.1 Å². The number of rotatable bonds is 4. The maximum Gasteiger partial charge on any atom is 0.0416 e. The van der Waals surface area contributed by atoms with Gasteiger partial charge in [0.05, 0.1) is 0 Å². The summed E-state index contributed by atoms with van der Waals surface area (Å²) < 4.78 is 0. The van der Waals surface area contributed by atoms with Crippen molar-refractivity contribution in [2.75, 3.05) is 13.6 Å². The maximum atomic E-state index is 4.45. The van der Waals surface area contributed by atoms with Crippen molar-refractivity contribution in [2.24, 2.45) is 0 Å². The summed E-state index contributed by atoms with van der Waals surface area (Å²) in [6, 6.07) is 8.58. The van der Waals surface area contributed by atoms with Crippen LogP contribution in [0.2, 0.25) is 0 Å². The number of fused-ring (bicyclic) bond motifs is 2. The molecule has 2 atom stereocenters. The van der Waals surface area contributed by atoms with Crippen molar-refractivity contribution in [3.8, 4) is 0 Å². The molecule has 3 heterocycles. The van der Waals surface area contributed by atoms with Crippen molar-refractivity contribution in [2.45, 2.75) is 56.7 Å². The third kappa shape index (κ3) is 2.98. The summed E-state index contributed by atoms with van der Waals surface area (Å²) in [7, 11) is 2.12. The smallest absolute Gasteiger partial charge is 0.0416 e. The van der Waals surface area contributed by atoms with E-state index in [1.54, 1.807) is 0 Å². The van der Waals surface area contributed by atoms with E-state index in [-0.39, 0.29) is 0 Å². The molecule has 0 amide bonds. The van der Waals surface area contributed by atoms with Gasteiger partial charge in [-0.2, -0.15) is 0 Å². The number of pyridine rings is 1. The molecule has 3 rings (SSSR count). The molecule has 1 aromatic rings. The third-order valence-electron chi connectivity index (χ3n) is 4.89. The molecule has 0 spiro atoms. The molecular weight excluding hydrogens is 234 g/mol. The molecule has 19 heavy (non-hydrogen) atoms. The lowest BCUT2D eigenvalue weighted by Gasteiger charge is -2.49. The van der Waals surface area contributed by atoms with E-state index in [9.17, 15) is 0 Å². The number of nitrogens with one attached hydrogen (secondary N) is 1. The van der Waals surface area contributed by atoms with Gasteiger partial charge in [-0.3, -0.25) is 9.88 Å². The van der Waals surface area contributed by atoms with Gasteiger partial charge in [-0.15, -0.1) is 0 Å². The van der Waals surface area contributed by atoms with E-state index < -0.39 is 0 Å². The lowest BCUT2D eigenvalue weighted by Crippen LogP contribution is -2.56. The van der Waals surface area contributed by atoms with Gasteiger partial charge >= 0.3 is 0 Å². The van der Waals surface area contributed by atoms with Gasteiger partial charge in [0, 0.05) is 43.0 Å². The van der Waals surface area contributed by atoms with Crippen molar-refractivity contribution in [3.63, 3.8) is 0 Å². The van der Waals surface area contributed by atoms with Crippen LogP contribution in [0, 0.1) is 0 Å². The zero-order valence-electron chi connectivity index (χ0n) is 11.9. The Morgan fingerprint density at radius 3 is 2.68 bits per heavy atom. The Bertz CT molecular complexity index is 378. The van der Waals surface area contributed by atoms with Crippen LogP contribution in [-0.2, 0) is 6.42 Å². The second kappa shape index (κ2) is 6.02. The Kier molecular flexibility index (Phi) is 4.14. The molecule has 0 saturated carbocycles. The number of aromatic nitrogens is 1. The molecule has 0 aliphatic carbocycles. The predicted molar refractivity (Wildman–Crippen MR) is 78.2 cm³/mol. The quantitative estimate of drug-likeness (QED) is 0.899. The zero-order valence-corrected chi connectivity index (χ0v) is 11.9. The van der Waals surface area contributed by atoms with Crippen molar-refractivity contribution in [1.82, 2.24) is 15.2 Å². The molecule has 2 saturated heterocycles. The Balaban J connectivity index is 1.61. The Hall–Kier alpha value is -0.930. The first kappa shape index (κ1) is 13.1. The van der Waals surface area contributed by atoms with Gasteiger partial charge in [-0.25, -0.2) is 0 Å². The molecule has 1 N–H and O–H groups in total. The average Bonchev–Trinajstić information content (AvgIpc) is 2.45. The molecule has 2 bridgehead atoms. The van der Waals surface area contributed by atoms with Crippen LogP contribution in [0.3, 0.4) is 0 Å². The first-order chi connectivity index (χ1) is 9.36. The van der Waals surface area contributed by atoms with Crippen LogP contribution in [0.5, 0.6) is 0 Å². The van der Waals surface area contributed by atoms with E-state index in [0.717, 1.165) is 24.5 Å². The SMILES string of the molecule is CNC1CC2CCCC(C1)N2CCc1ccccn1. The minimum absolute atomic E-state index is 0.737. The highest BCUT2D eigenvalue weighted by molar-refractivity contribution is 5.05. The molecule has 104 valence electrons. The van der Waals surface area contributed by atoms with Gasteiger partial charge in [0.2, 0.25) is 0 Å². The van der Waals surface area contributed by atoms with Gasteiger partial charge in [0.15, 0.2) is 0 Å². The van der Waals surface area contributed by atoms with Gasteiger partial charge in [0.25, 0.3) is 0 Å².